The molecule has 0 unspecified atom stereocenters. The number of rotatable bonds is 5. The molecule has 3 N–H and O–H groups in total. The summed E-state index contributed by atoms with van der Waals surface area (Å²) in [6.45, 7) is 13.4. The Labute approximate surface area is 207 Å². The molecule has 0 fully saturated rings. The third kappa shape index (κ3) is 5.17. The largest absolute Gasteiger partial charge is 0.344 e. The second kappa shape index (κ2) is 10.8. The number of hydrogen-bond donors (Lipinski definition) is 1. The summed E-state index contributed by atoms with van der Waals surface area (Å²) < 4.78 is 2.40. The van der Waals surface area contributed by atoms with Gasteiger partial charge in [-0.2, -0.15) is 0 Å². The Bertz CT molecular complexity index is 1240. The fourth-order valence-corrected chi connectivity index (χ4v) is 5.50. The average Bonchev–Trinajstić information content (AvgIpc) is 2.73. The van der Waals surface area contributed by atoms with Crippen LogP contribution < -0.4 is 10.6 Å². The molecule has 2 heterocycles. The first-order valence-electron chi connectivity index (χ1n) is 10.2. The first-order chi connectivity index (χ1) is 14.3. The van der Waals surface area contributed by atoms with E-state index in [0.29, 0.717) is 17.0 Å². The number of hydrogen-bond acceptors (Lipinski definition) is 3. The van der Waals surface area contributed by atoms with E-state index in [4.69, 9.17) is 16.6 Å². The van der Waals surface area contributed by atoms with E-state index in [9.17, 15) is 0 Å². The van der Waals surface area contributed by atoms with Crippen LogP contribution in [0.4, 0.5) is 0 Å². The smallest absolute Gasteiger partial charge is 0.147 e. The maximum absolute atomic E-state index is 6.17. The predicted molar refractivity (Wildman–Crippen MR) is 138 cm³/mol. The summed E-state index contributed by atoms with van der Waals surface area (Å²) in [5, 5.41) is 2.57. The van der Waals surface area contributed by atoms with Crippen molar-refractivity contribution in [3.05, 3.63) is 83.2 Å². The molecule has 0 bridgehead atoms. The summed E-state index contributed by atoms with van der Waals surface area (Å²) in [6.07, 6.45) is 0. The van der Waals surface area contributed by atoms with E-state index in [-0.39, 0.29) is 18.6 Å². The topological polar surface area (TPSA) is 60.8 Å². The van der Waals surface area contributed by atoms with Gasteiger partial charge in [-0.05, 0) is 0 Å². The van der Waals surface area contributed by atoms with Crippen LogP contribution in [0.2, 0.25) is 5.15 Å². The quantitative estimate of drug-likeness (QED) is 0.171. The Kier molecular flexibility index (Phi) is 8.87. The third-order valence-corrected chi connectivity index (χ3v) is 6.98. The van der Waals surface area contributed by atoms with Crippen LogP contribution in [0.1, 0.15) is 56.4 Å². The van der Waals surface area contributed by atoms with Gasteiger partial charge in [0, 0.05) is 0 Å². The summed E-state index contributed by atoms with van der Waals surface area (Å²) in [7, 11) is 0. The number of benzene rings is 2. The molecule has 6 heteroatoms. The molecule has 0 atom stereocenters. The molecule has 4 aromatic rings. The van der Waals surface area contributed by atoms with Crippen molar-refractivity contribution in [1.82, 2.24) is 16.1 Å². The van der Waals surface area contributed by atoms with Gasteiger partial charge in [0.1, 0.15) is 0 Å². The van der Waals surface area contributed by atoms with Gasteiger partial charge in [0.05, 0.1) is 0 Å². The number of nitrogens with zero attached hydrogens (tertiary/aromatic N) is 2. The van der Waals surface area contributed by atoms with Crippen molar-refractivity contribution in [2.24, 2.45) is 0 Å². The van der Waals surface area contributed by atoms with Gasteiger partial charge < -0.3 is 6.15 Å². The van der Waals surface area contributed by atoms with Crippen molar-refractivity contribution < 1.29 is 15.0 Å². The molecule has 0 saturated carbocycles. The van der Waals surface area contributed by atoms with Crippen LogP contribution in [0.15, 0.2) is 61.2 Å². The molecule has 0 amide bonds. The van der Waals surface area contributed by atoms with E-state index in [2.05, 4.69) is 81.7 Å². The van der Waals surface area contributed by atoms with Crippen molar-refractivity contribution in [2.45, 2.75) is 39.5 Å². The maximum Gasteiger partial charge on any atom is -0.147 e. The Morgan fingerprint density at radius 3 is 1.88 bits per heavy atom. The molecular weight excluding hydrogens is 481 g/mol. The van der Waals surface area contributed by atoms with E-state index in [1.165, 1.54) is 15.6 Å². The zero-order valence-electron chi connectivity index (χ0n) is 18.8. The summed E-state index contributed by atoms with van der Waals surface area (Å²) in [5.74, 6) is 0.928. The second-order valence-electron chi connectivity index (χ2n) is 8.07. The van der Waals surface area contributed by atoms with Crippen LogP contribution in [0, 0.1) is 0 Å². The summed E-state index contributed by atoms with van der Waals surface area (Å²) >= 11 is 6.96. The van der Waals surface area contributed by atoms with Gasteiger partial charge >= 0.3 is 190 Å². The van der Waals surface area contributed by atoms with Crippen molar-refractivity contribution in [3.8, 4) is 0 Å². The van der Waals surface area contributed by atoms with E-state index in [1.54, 1.807) is 0 Å². The first-order valence-corrected chi connectivity index (χ1v) is 11.6. The number of fused-ring (bicyclic) bond motifs is 3. The van der Waals surface area contributed by atoms with Crippen molar-refractivity contribution in [1.29, 1.82) is 0 Å². The van der Waals surface area contributed by atoms with E-state index < -0.39 is 0 Å². The summed E-state index contributed by atoms with van der Waals surface area (Å²) in [5.41, 5.74) is 5.39. The fraction of sp³-hybridized carbons (Fsp3) is 0.231. The van der Waals surface area contributed by atoms with Gasteiger partial charge in [-0.1, -0.05) is 0 Å². The Balaban J connectivity index is 0.00000181. The molecule has 2 aromatic carbocycles. The minimum atomic E-state index is 0. The average molecular weight is 510 g/mol. The molecule has 32 heavy (non-hydrogen) atoms. The molecule has 0 spiro atoms. The standard InChI is InChI=1S/C14H8ClN2.C12H17.ClH.Fe.H3N/c1-2-11-7-5-9-3-4-10-6-8-12(15)17-14(10)13(9)16-11;1-9(2)11-6-5-7-12(8-11)10(3)4;;;/h3-8H,1H2;5-7,9-10H,1-4H3;1H;;1H3. The van der Waals surface area contributed by atoms with Gasteiger partial charge in [-0.15, -0.1) is 12.4 Å². The molecule has 3 nitrogen and oxygen atoms in total. The number of halogens is 2. The van der Waals surface area contributed by atoms with Crippen LogP contribution in [0.5, 0.6) is 0 Å². The van der Waals surface area contributed by atoms with Crippen molar-refractivity contribution in [2.75, 3.05) is 0 Å². The van der Waals surface area contributed by atoms with Crippen LogP contribution >= 0.6 is 24.0 Å². The minimum absolute atomic E-state index is 0. The monoisotopic (exact) mass is 509 g/mol. The van der Waals surface area contributed by atoms with Crippen LogP contribution in [-0.4, -0.2) is 9.97 Å². The zero-order valence-corrected chi connectivity index (χ0v) is 21.5. The fourth-order valence-electron chi connectivity index (χ4n) is 3.59. The molecule has 0 aliphatic heterocycles. The first kappa shape index (κ1) is 26.3. The van der Waals surface area contributed by atoms with Gasteiger partial charge in [-0.3, -0.25) is 0 Å². The normalized spacial score (nSPS) is 11.1. The Hall–Kier alpha value is -1.94. The van der Waals surface area contributed by atoms with Crippen LogP contribution in [0.3, 0.4) is 0 Å². The second-order valence-corrected chi connectivity index (χ2v) is 9.95. The van der Waals surface area contributed by atoms with Crippen molar-refractivity contribution in [3.63, 3.8) is 0 Å². The zero-order chi connectivity index (χ0) is 21.4. The van der Waals surface area contributed by atoms with Crippen LogP contribution in [0.25, 0.3) is 26.3 Å². The Morgan fingerprint density at radius 1 is 0.812 bits per heavy atom. The molecule has 4 rings (SSSR count). The SMILES string of the molecule is C=[C]([Fe][c]1c(C(C)C)cccc1C(C)C)c1ccc2ccc3ccc(Cl)nc3c2n1.Cl.N. The molecule has 170 valence electrons. The van der Waals surface area contributed by atoms with E-state index >= 15 is 0 Å². The number of pyridine rings is 2. The van der Waals surface area contributed by atoms with E-state index in [1.807, 2.05) is 12.1 Å². The minimum Gasteiger partial charge on any atom is -0.344 e. The Morgan fingerprint density at radius 2 is 1.31 bits per heavy atom. The maximum atomic E-state index is 6.17. The van der Waals surface area contributed by atoms with Gasteiger partial charge in [0.15, 0.2) is 0 Å². The van der Waals surface area contributed by atoms with Gasteiger partial charge in [0.2, 0.25) is 0 Å². The summed E-state index contributed by atoms with van der Waals surface area (Å²) in [6, 6.07) is 18.8. The predicted octanol–water partition coefficient (Wildman–Crippen LogP) is 7.65. The third-order valence-electron chi connectivity index (χ3n) is 5.24. The molecular formula is C26H29Cl2FeN3. The van der Waals surface area contributed by atoms with E-state index in [0.717, 1.165) is 46.9 Å². The molecule has 0 aliphatic rings. The van der Waals surface area contributed by atoms with Gasteiger partial charge in [-0.25, -0.2) is 0 Å². The molecule has 0 aliphatic carbocycles. The summed E-state index contributed by atoms with van der Waals surface area (Å²) in [4.78, 5) is 9.51. The van der Waals surface area contributed by atoms with Crippen molar-refractivity contribution >= 4 is 54.7 Å². The molecule has 0 radical (unpaired) electrons. The van der Waals surface area contributed by atoms with Gasteiger partial charge in [0.25, 0.3) is 0 Å². The van der Waals surface area contributed by atoms with Crippen LogP contribution in [-0.2, 0) is 15.0 Å². The molecule has 0 saturated heterocycles. The molecule has 2 aromatic heterocycles. The number of aromatic nitrogens is 2.